The lowest BCUT2D eigenvalue weighted by atomic mass is 10.2. The molecule has 1 fully saturated rings. The Kier molecular flexibility index (Phi) is 4.70. The second kappa shape index (κ2) is 7.48. The Bertz CT molecular complexity index is 1080. The lowest BCUT2D eigenvalue weighted by Gasteiger charge is -2.16. The monoisotopic (exact) mass is 396 g/mol. The molecule has 2 aliphatic rings. The van der Waals surface area contributed by atoms with Gasteiger partial charge in [-0.3, -0.25) is 9.36 Å². The van der Waals surface area contributed by atoms with Gasteiger partial charge in [-0.15, -0.1) is 0 Å². The molecular weight excluding hydrogens is 376 g/mol. The third-order valence-electron chi connectivity index (χ3n) is 5.04. The average Bonchev–Trinajstić information content (AvgIpc) is 3.40. The number of nitrogens with zero attached hydrogens (tertiary/aromatic N) is 2. The zero-order chi connectivity index (χ0) is 18.9. The molecule has 144 valence electrons. The first-order valence-electron chi connectivity index (χ1n) is 9.40. The summed E-state index contributed by atoms with van der Waals surface area (Å²) in [6.45, 7) is 1.57. The number of para-hydroxylation sites is 1. The Balaban J connectivity index is 1.47. The summed E-state index contributed by atoms with van der Waals surface area (Å²) in [7, 11) is 0. The van der Waals surface area contributed by atoms with Crippen LogP contribution in [0.2, 0.25) is 0 Å². The highest BCUT2D eigenvalue weighted by Gasteiger charge is 2.20. The molecule has 7 heteroatoms. The van der Waals surface area contributed by atoms with E-state index in [2.05, 4.69) is 0 Å². The molecule has 3 heterocycles. The Hall–Kier alpha value is -2.51. The number of fused-ring (bicyclic) bond motifs is 2. The standard InChI is InChI=1S/C21H20N2O4S/c24-20-16-5-1-2-6-17(16)22-21(23(20)11-15-4-3-9-25-15)28-12-14-7-8-18-19(10-14)27-13-26-18/h1-2,5-8,10,15H,3-4,9,11-13H2/t15-/m0/s1. The lowest BCUT2D eigenvalue weighted by Crippen LogP contribution is -2.28. The van der Waals surface area contributed by atoms with E-state index in [4.69, 9.17) is 19.2 Å². The Morgan fingerprint density at radius 1 is 1.14 bits per heavy atom. The molecule has 0 bridgehead atoms. The predicted molar refractivity (Wildman–Crippen MR) is 107 cm³/mol. The molecular formula is C21H20N2O4S. The summed E-state index contributed by atoms with van der Waals surface area (Å²) in [5.74, 6) is 2.22. The molecule has 2 aliphatic heterocycles. The second-order valence-corrected chi connectivity index (χ2v) is 7.88. The van der Waals surface area contributed by atoms with E-state index in [0.29, 0.717) is 17.7 Å². The molecule has 0 unspecified atom stereocenters. The maximum absolute atomic E-state index is 13.1. The van der Waals surface area contributed by atoms with Crippen LogP contribution in [-0.2, 0) is 17.0 Å². The van der Waals surface area contributed by atoms with Crippen molar-refractivity contribution in [3.05, 3.63) is 58.4 Å². The molecule has 0 amide bonds. The number of benzene rings is 2. The topological polar surface area (TPSA) is 62.6 Å². The van der Waals surface area contributed by atoms with Crippen LogP contribution in [0.15, 0.2) is 52.4 Å². The second-order valence-electron chi connectivity index (χ2n) is 6.94. The van der Waals surface area contributed by atoms with Gasteiger partial charge in [0.15, 0.2) is 16.7 Å². The van der Waals surface area contributed by atoms with Crippen molar-refractivity contribution in [1.82, 2.24) is 9.55 Å². The summed E-state index contributed by atoms with van der Waals surface area (Å²) >= 11 is 1.56. The van der Waals surface area contributed by atoms with Gasteiger partial charge < -0.3 is 14.2 Å². The third-order valence-corrected chi connectivity index (χ3v) is 6.09. The molecule has 28 heavy (non-hydrogen) atoms. The van der Waals surface area contributed by atoms with Gasteiger partial charge in [0.25, 0.3) is 5.56 Å². The minimum Gasteiger partial charge on any atom is -0.454 e. The van der Waals surface area contributed by atoms with Gasteiger partial charge in [-0.2, -0.15) is 0 Å². The van der Waals surface area contributed by atoms with Crippen molar-refractivity contribution in [3.63, 3.8) is 0 Å². The molecule has 1 saturated heterocycles. The summed E-state index contributed by atoms with van der Waals surface area (Å²) < 4.78 is 18.4. The van der Waals surface area contributed by atoms with E-state index in [-0.39, 0.29) is 18.5 Å². The molecule has 3 aromatic rings. The molecule has 0 saturated carbocycles. The molecule has 2 aromatic carbocycles. The SMILES string of the molecule is O=c1c2ccccc2nc(SCc2ccc3c(c2)OCO3)n1C[C@@H]1CCCO1. The van der Waals surface area contributed by atoms with E-state index in [1.54, 1.807) is 16.3 Å². The molecule has 5 rings (SSSR count). The molecule has 0 spiro atoms. The van der Waals surface area contributed by atoms with Crippen molar-refractivity contribution in [3.8, 4) is 11.5 Å². The smallest absolute Gasteiger partial charge is 0.262 e. The van der Waals surface area contributed by atoms with Gasteiger partial charge in [0.2, 0.25) is 6.79 Å². The number of ether oxygens (including phenoxy) is 3. The van der Waals surface area contributed by atoms with E-state index in [0.717, 1.165) is 47.2 Å². The number of rotatable bonds is 5. The summed E-state index contributed by atoms with van der Waals surface area (Å²) in [5, 5.41) is 1.37. The van der Waals surface area contributed by atoms with Crippen LogP contribution in [0.1, 0.15) is 18.4 Å². The molecule has 1 atom stereocenters. The summed E-state index contributed by atoms with van der Waals surface area (Å²) in [5.41, 5.74) is 1.82. The summed E-state index contributed by atoms with van der Waals surface area (Å²) in [6, 6.07) is 13.4. The van der Waals surface area contributed by atoms with Crippen molar-refractivity contribution >= 4 is 22.7 Å². The maximum Gasteiger partial charge on any atom is 0.262 e. The van der Waals surface area contributed by atoms with Crippen LogP contribution in [0, 0.1) is 0 Å². The van der Waals surface area contributed by atoms with Crippen molar-refractivity contribution in [1.29, 1.82) is 0 Å². The van der Waals surface area contributed by atoms with Gasteiger partial charge >= 0.3 is 0 Å². The number of thioether (sulfide) groups is 1. The van der Waals surface area contributed by atoms with Crippen molar-refractivity contribution < 1.29 is 14.2 Å². The molecule has 0 N–H and O–H groups in total. The average molecular weight is 396 g/mol. The Morgan fingerprint density at radius 2 is 2.04 bits per heavy atom. The van der Waals surface area contributed by atoms with E-state index < -0.39 is 0 Å². The minimum atomic E-state index is -0.00529. The fourth-order valence-electron chi connectivity index (χ4n) is 3.59. The van der Waals surface area contributed by atoms with E-state index in [1.165, 1.54) is 0 Å². The minimum absolute atomic E-state index is 0.00529. The van der Waals surface area contributed by atoms with Gasteiger partial charge in [0.05, 0.1) is 23.6 Å². The van der Waals surface area contributed by atoms with Crippen LogP contribution < -0.4 is 15.0 Å². The first-order valence-corrected chi connectivity index (χ1v) is 10.4. The van der Waals surface area contributed by atoms with Crippen LogP contribution in [0.5, 0.6) is 11.5 Å². The predicted octanol–water partition coefficient (Wildman–Crippen LogP) is 3.60. The first-order chi connectivity index (χ1) is 13.8. The zero-order valence-electron chi connectivity index (χ0n) is 15.3. The molecule has 0 radical (unpaired) electrons. The highest BCUT2D eigenvalue weighted by atomic mass is 32.2. The zero-order valence-corrected chi connectivity index (χ0v) is 16.1. The Morgan fingerprint density at radius 3 is 2.93 bits per heavy atom. The van der Waals surface area contributed by atoms with Crippen molar-refractivity contribution in [2.24, 2.45) is 0 Å². The van der Waals surface area contributed by atoms with Gasteiger partial charge in [0, 0.05) is 12.4 Å². The van der Waals surface area contributed by atoms with E-state index in [1.807, 2.05) is 42.5 Å². The number of hydrogen-bond acceptors (Lipinski definition) is 6. The Labute approximate surface area is 166 Å². The molecule has 6 nitrogen and oxygen atoms in total. The van der Waals surface area contributed by atoms with Crippen LogP contribution in [0.3, 0.4) is 0 Å². The third kappa shape index (κ3) is 3.36. The number of aromatic nitrogens is 2. The highest BCUT2D eigenvalue weighted by Crippen LogP contribution is 2.34. The molecule has 1 aromatic heterocycles. The quantitative estimate of drug-likeness (QED) is 0.485. The maximum atomic E-state index is 13.1. The van der Waals surface area contributed by atoms with E-state index in [9.17, 15) is 4.79 Å². The van der Waals surface area contributed by atoms with Gasteiger partial charge in [-0.25, -0.2) is 4.98 Å². The van der Waals surface area contributed by atoms with E-state index >= 15 is 0 Å². The largest absolute Gasteiger partial charge is 0.454 e. The fourth-order valence-corrected chi connectivity index (χ4v) is 4.54. The van der Waals surface area contributed by atoms with Crippen molar-refractivity contribution in [2.45, 2.75) is 36.4 Å². The first kappa shape index (κ1) is 17.6. The normalized spacial score (nSPS) is 18.1. The number of hydrogen-bond donors (Lipinski definition) is 0. The summed E-state index contributed by atoms with van der Waals surface area (Å²) in [4.78, 5) is 17.9. The fraction of sp³-hybridized carbons (Fsp3) is 0.333. The van der Waals surface area contributed by atoms with Crippen LogP contribution in [-0.4, -0.2) is 29.1 Å². The van der Waals surface area contributed by atoms with Crippen molar-refractivity contribution in [2.75, 3.05) is 13.4 Å². The lowest BCUT2D eigenvalue weighted by molar-refractivity contribution is 0.0937. The summed E-state index contributed by atoms with van der Waals surface area (Å²) in [6.07, 6.45) is 2.09. The van der Waals surface area contributed by atoms with Crippen LogP contribution in [0.25, 0.3) is 10.9 Å². The molecule has 0 aliphatic carbocycles. The van der Waals surface area contributed by atoms with Gasteiger partial charge in [0.1, 0.15) is 0 Å². The highest BCUT2D eigenvalue weighted by molar-refractivity contribution is 7.98. The van der Waals surface area contributed by atoms with Gasteiger partial charge in [-0.1, -0.05) is 30.0 Å². The van der Waals surface area contributed by atoms with Crippen LogP contribution in [0.4, 0.5) is 0 Å². The van der Waals surface area contributed by atoms with Gasteiger partial charge in [-0.05, 0) is 42.7 Å². The van der Waals surface area contributed by atoms with Crippen LogP contribution >= 0.6 is 11.8 Å².